The molecule has 2 aliphatic heterocycles. The highest BCUT2D eigenvalue weighted by molar-refractivity contribution is 5.83. The smallest absolute Gasteiger partial charge is 0.335 e. The first kappa shape index (κ1) is 36.2. The number of aliphatic hydroxyl groups is 3. The number of hydrogen-bond donors (Lipinski definition) is 7. The van der Waals surface area contributed by atoms with Crippen LogP contribution in [0, 0.1) is 0 Å². The highest BCUT2D eigenvalue weighted by Gasteiger charge is 2.30. The van der Waals surface area contributed by atoms with Crippen LogP contribution in [0.25, 0.3) is 0 Å². The van der Waals surface area contributed by atoms with Gasteiger partial charge in [-0.2, -0.15) is 0 Å². The maximum absolute atomic E-state index is 12.8. The van der Waals surface area contributed by atoms with Crippen LogP contribution in [0.3, 0.4) is 0 Å². The summed E-state index contributed by atoms with van der Waals surface area (Å²) in [5.74, 6) is -1.55. The van der Waals surface area contributed by atoms with Crippen molar-refractivity contribution in [1.82, 2.24) is 5.32 Å². The molecule has 0 bridgehead atoms. The zero-order chi connectivity index (χ0) is 33.6. The average molecular weight is 648 g/mol. The molecule has 2 heterocycles. The van der Waals surface area contributed by atoms with E-state index in [4.69, 9.17) is 34.6 Å². The maximum Gasteiger partial charge on any atom is 0.335 e. The van der Waals surface area contributed by atoms with Crippen molar-refractivity contribution < 1.29 is 63.8 Å². The number of carbonyl (C=O) groups is 4. The second-order valence-corrected chi connectivity index (χ2v) is 11.2. The summed E-state index contributed by atoms with van der Waals surface area (Å²) in [6, 6.07) is 12.6. The number of aliphatic hydroxyl groups excluding tert-OH is 3. The molecule has 0 spiro atoms. The number of carbonyl (C=O) groups excluding carboxylic acids is 2. The molecule has 0 aromatic heterocycles. The molecule has 0 unspecified atom stereocenters. The summed E-state index contributed by atoms with van der Waals surface area (Å²) in [5, 5.41) is 46.8. The number of Topliss-reactive ketones (excluding diaryl/α,β-unsaturated/α-hetero) is 1. The van der Waals surface area contributed by atoms with E-state index in [-0.39, 0.29) is 24.7 Å². The first-order valence-corrected chi connectivity index (χ1v) is 15.2. The molecule has 1 saturated heterocycles. The van der Waals surface area contributed by atoms with E-state index < -0.39 is 36.3 Å². The van der Waals surface area contributed by atoms with Crippen molar-refractivity contribution in [3.05, 3.63) is 53.6 Å². The molecule has 1 amide bonds. The number of aliphatic carboxylic acids is 2. The van der Waals surface area contributed by atoms with Gasteiger partial charge >= 0.3 is 11.9 Å². The Kier molecular flexibility index (Phi) is 14.2. The number of amides is 1. The number of ketones is 1. The molecular weight excluding hydrogens is 604 g/mol. The van der Waals surface area contributed by atoms with Gasteiger partial charge in [0.2, 0.25) is 5.91 Å². The molecule has 2 aliphatic rings. The lowest BCUT2D eigenvalue weighted by molar-refractivity contribution is -0.889. The lowest BCUT2D eigenvalue weighted by Crippen LogP contribution is -3.11. The van der Waals surface area contributed by atoms with Crippen LogP contribution in [-0.2, 0) is 25.6 Å². The molecule has 7 N–H and O–H groups in total. The number of carboxylic acids is 2. The highest BCUT2D eigenvalue weighted by atomic mass is 16.6. The number of likely N-dealkylation sites (tertiary alicyclic amines) is 1. The van der Waals surface area contributed by atoms with Crippen LogP contribution in [0.5, 0.6) is 17.2 Å². The van der Waals surface area contributed by atoms with E-state index in [1.54, 1.807) is 13.0 Å². The molecule has 4 atom stereocenters. The summed E-state index contributed by atoms with van der Waals surface area (Å²) in [6.45, 7) is 5.57. The molecule has 14 heteroatoms. The number of ether oxygens (including phenoxy) is 3. The molecule has 2 aromatic rings. The van der Waals surface area contributed by atoms with Gasteiger partial charge in [0, 0.05) is 19.3 Å². The minimum absolute atomic E-state index is 0.159. The van der Waals surface area contributed by atoms with Crippen LogP contribution >= 0.6 is 0 Å². The van der Waals surface area contributed by atoms with Gasteiger partial charge in [-0.15, -0.1) is 0 Å². The van der Waals surface area contributed by atoms with Gasteiger partial charge in [0.25, 0.3) is 0 Å². The van der Waals surface area contributed by atoms with Crippen LogP contribution in [-0.4, -0.2) is 107 Å². The summed E-state index contributed by atoms with van der Waals surface area (Å²) in [6.07, 6.45) is -1.64. The lowest BCUT2D eigenvalue weighted by Gasteiger charge is -2.27. The Balaban J connectivity index is 0.000000498. The second-order valence-electron chi connectivity index (χ2n) is 11.2. The Bertz CT molecular complexity index is 1290. The van der Waals surface area contributed by atoms with E-state index in [1.165, 1.54) is 4.90 Å². The zero-order valence-electron chi connectivity index (χ0n) is 25.7. The van der Waals surface area contributed by atoms with Crippen LogP contribution in [0.4, 0.5) is 0 Å². The molecule has 252 valence electrons. The van der Waals surface area contributed by atoms with E-state index in [1.807, 2.05) is 36.4 Å². The fourth-order valence-corrected chi connectivity index (χ4v) is 4.99. The van der Waals surface area contributed by atoms with Crippen molar-refractivity contribution in [2.24, 2.45) is 0 Å². The number of fused-ring (bicyclic) bond motifs is 1. The van der Waals surface area contributed by atoms with E-state index in [2.05, 4.69) is 5.32 Å². The van der Waals surface area contributed by atoms with Crippen LogP contribution in [0.1, 0.15) is 49.8 Å². The summed E-state index contributed by atoms with van der Waals surface area (Å²) in [7, 11) is 0. The van der Waals surface area contributed by atoms with Crippen molar-refractivity contribution >= 4 is 23.6 Å². The van der Waals surface area contributed by atoms with Gasteiger partial charge in [-0.05, 0) is 48.7 Å². The Morgan fingerprint density at radius 3 is 2.07 bits per heavy atom. The lowest BCUT2D eigenvalue weighted by atomic mass is 10.0. The predicted molar refractivity (Wildman–Crippen MR) is 162 cm³/mol. The van der Waals surface area contributed by atoms with Crippen molar-refractivity contribution in [3.8, 4) is 17.2 Å². The molecule has 0 saturated carbocycles. The third-order valence-electron chi connectivity index (χ3n) is 7.55. The number of benzene rings is 2. The normalized spacial score (nSPS) is 16.6. The standard InChI is InChI=1S/C28H36N2O6.C4H6O6/c1-20(31)4-5-21-6-9-23(10-7-21)34-15-12-27(32)29-24(19-30-13-2-3-14-30)28(33)22-8-11-25-26(18-22)36-17-16-35-25;5-1(3(7)8)2(6)4(9)10/h6-11,18,24,28,33H,2-5,12-17,19H2,1H3,(H,29,32);1-2,5-6H,(H,7,8)(H,9,10)/p+1/t24-,28-;1-,2-/m11/s1. The van der Waals surface area contributed by atoms with E-state index >= 15 is 0 Å². The monoisotopic (exact) mass is 647 g/mol. The fraction of sp³-hybridized carbons (Fsp3) is 0.500. The second kappa shape index (κ2) is 18.0. The topological polar surface area (TPSA) is 214 Å². The number of nitrogens with one attached hydrogen (secondary N) is 2. The molecule has 1 fully saturated rings. The number of quaternary nitrogens is 1. The van der Waals surface area contributed by atoms with Gasteiger partial charge in [-0.25, -0.2) is 9.59 Å². The molecule has 14 nitrogen and oxygen atoms in total. The van der Waals surface area contributed by atoms with Gasteiger partial charge in [-0.1, -0.05) is 18.2 Å². The number of aryl methyl sites for hydroxylation is 1. The Morgan fingerprint density at radius 1 is 0.870 bits per heavy atom. The number of hydrogen-bond acceptors (Lipinski definition) is 10. The van der Waals surface area contributed by atoms with Gasteiger partial charge in [0.1, 0.15) is 43.4 Å². The number of carboxylic acid groups (broad SMARTS) is 2. The SMILES string of the molecule is CC(=O)CCc1ccc(OCCC(=O)N[C@H](C[NH+]2CCCC2)[C@H](O)c2ccc3c(c2)OCCO3)cc1.O=C(O)[C@H](O)[C@@H](O)C(=O)O. The van der Waals surface area contributed by atoms with Gasteiger partial charge in [0.05, 0.1) is 26.1 Å². The minimum Gasteiger partial charge on any atom is -0.493 e. The Labute approximate surface area is 266 Å². The zero-order valence-corrected chi connectivity index (χ0v) is 25.7. The van der Waals surface area contributed by atoms with Crippen molar-refractivity contribution in [1.29, 1.82) is 0 Å². The Hall–Kier alpha value is -4.24. The summed E-state index contributed by atoms with van der Waals surface area (Å²) in [5.41, 5.74) is 1.78. The fourth-order valence-electron chi connectivity index (χ4n) is 4.99. The molecule has 2 aromatic carbocycles. The third-order valence-corrected chi connectivity index (χ3v) is 7.55. The van der Waals surface area contributed by atoms with Crippen molar-refractivity contribution in [3.63, 3.8) is 0 Å². The van der Waals surface area contributed by atoms with E-state index in [0.29, 0.717) is 55.4 Å². The molecule has 46 heavy (non-hydrogen) atoms. The summed E-state index contributed by atoms with van der Waals surface area (Å²) < 4.78 is 17.0. The maximum atomic E-state index is 12.8. The van der Waals surface area contributed by atoms with Gasteiger partial charge < -0.3 is 54.8 Å². The molecule has 4 rings (SSSR count). The first-order chi connectivity index (χ1) is 21.9. The van der Waals surface area contributed by atoms with Gasteiger partial charge in [0.15, 0.2) is 23.7 Å². The van der Waals surface area contributed by atoms with Gasteiger partial charge in [-0.3, -0.25) is 4.79 Å². The van der Waals surface area contributed by atoms with Crippen LogP contribution in [0.2, 0.25) is 0 Å². The summed E-state index contributed by atoms with van der Waals surface area (Å²) >= 11 is 0. The molecule has 0 radical (unpaired) electrons. The van der Waals surface area contributed by atoms with Crippen molar-refractivity contribution in [2.45, 2.75) is 63.4 Å². The third kappa shape index (κ3) is 11.6. The first-order valence-electron chi connectivity index (χ1n) is 15.2. The molecular formula is C32H43N2O12+. The predicted octanol–water partition coefficient (Wildman–Crippen LogP) is -0.477. The van der Waals surface area contributed by atoms with E-state index in [0.717, 1.165) is 31.5 Å². The van der Waals surface area contributed by atoms with Crippen LogP contribution in [0.15, 0.2) is 42.5 Å². The largest absolute Gasteiger partial charge is 0.493 e. The molecule has 0 aliphatic carbocycles. The summed E-state index contributed by atoms with van der Waals surface area (Å²) in [4.78, 5) is 44.9. The Morgan fingerprint density at radius 2 is 1.48 bits per heavy atom. The van der Waals surface area contributed by atoms with E-state index in [9.17, 15) is 24.3 Å². The number of rotatable bonds is 15. The van der Waals surface area contributed by atoms with Crippen LogP contribution < -0.4 is 24.4 Å². The average Bonchev–Trinajstić information content (AvgIpc) is 3.56. The van der Waals surface area contributed by atoms with Crippen molar-refractivity contribution in [2.75, 3.05) is 39.5 Å². The minimum atomic E-state index is -2.27. The highest BCUT2D eigenvalue weighted by Crippen LogP contribution is 2.33. The quantitative estimate of drug-likeness (QED) is 0.131.